The second-order valence-corrected chi connectivity index (χ2v) is 6.91. The van der Waals surface area contributed by atoms with E-state index in [9.17, 15) is 0 Å². The molecule has 1 aromatic heterocycles. The number of aromatic nitrogens is 2. The molecule has 2 rings (SSSR count). The van der Waals surface area contributed by atoms with Gasteiger partial charge >= 0.3 is 0 Å². The lowest BCUT2D eigenvalue weighted by molar-refractivity contribution is 0.540. The quantitative estimate of drug-likeness (QED) is 0.871. The van der Waals surface area contributed by atoms with Crippen LogP contribution in [-0.2, 0) is 0 Å². The summed E-state index contributed by atoms with van der Waals surface area (Å²) in [7, 11) is 0. The highest BCUT2D eigenvalue weighted by atomic mass is 32.1. The molecule has 0 saturated carbocycles. The predicted octanol–water partition coefficient (Wildman–Crippen LogP) is 2.88. The monoisotopic (exact) mass is 282 g/mol. The predicted molar refractivity (Wildman–Crippen MR) is 82.1 cm³/mol. The van der Waals surface area contributed by atoms with Crippen molar-refractivity contribution < 1.29 is 0 Å². The highest BCUT2D eigenvalue weighted by Gasteiger charge is 2.21. The van der Waals surface area contributed by atoms with Crippen LogP contribution in [0, 0.1) is 5.92 Å². The minimum absolute atomic E-state index is 0.413. The first-order valence-electron chi connectivity index (χ1n) is 7.38. The van der Waals surface area contributed by atoms with Gasteiger partial charge in [0, 0.05) is 36.6 Å². The molecule has 5 heteroatoms. The number of nitrogens with one attached hydrogen (secondary N) is 1. The maximum absolute atomic E-state index is 4.71. The van der Waals surface area contributed by atoms with Crippen LogP contribution in [0.3, 0.4) is 0 Å². The number of hydrogen-bond acceptors (Lipinski definition) is 5. The lowest BCUT2D eigenvalue weighted by Gasteiger charge is -2.26. The molecule has 0 amide bonds. The molecule has 19 heavy (non-hydrogen) atoms. The Morgan fingerprint density at radius 1 is 1.37 bits per heavy atom. The van der Waals surface area contributed by atoms with Gasteiger partial charge in [0.15, 0.2) is 0 Å². The van der Waals surface area contributed by atoms with Gasteiger partial charge in [0.05, 0.1) is 0 Å². The molecule has 1 aliphatic heterocycles. The Labute approximate surface area is 120 Å². The molecule has 4 nitrogen and oxygen atoms in total. The van der Waals surface area contributed by atoms with Crippen LogP contribution < -0.4 is 10.2 Å². The lowest BCUT2D eigenvalue weighted by atomic mass is 10.1. The molecule has 2 heterocycles. The van der Waals surface area contributed by atoms with Crippen molar-refractivity contribution in [1.29, 1.82) is 0 Å². The van der Waals surface area contributed by atoms with Gasteiger partial charge in [0.2, 0.25) is 5.13 Å². The zero-order chi connectivity index (χ0) is 13.8. The third-order valence-corrected chi connectivity index (χ3v) is 4.20. The fourth-order valence-corrected chi connectivity index (χ4v) is 3.27. The minimum atomic E-state index is 0.413. The van der Waals surface area contributed by atoms with Gasteiger partial charge in [0.25, 0.3) is 0 Å². The number of hydrogen-bond donors (Lipinski definition) is 1. The van der Waals surface area contributed by atoms with E-state index >= 15 is 0 Å². The lowest BCUT2D eigenvalue weighted by Crippen LogP contribution is -2.39. The Hall–Kier alpha value is -0.680. The average molecular weight is 282 g/mol. The van der Waals surface area contributed by atoms with E-state index in [1.807, 2.05) is 0 Å². The van der Waals surface area contributed by atoms with E-state index in [1.54, 1.807) is 11.5 Å². The molecule has 1 aliphatic rings. The SMILES string of the molecule is CC(C)CN(CC1CCCN1)c1nc(C(C)C)ns1. The van der Waals surface area contributed by atoms with Gasteiger partial charge in [-0.3, -0.25) is 0 Å². The largest absolute Gasteiger partial charge is 0.345 e. The first kappa shape index (κ1) is 14.7. The van der Waals surface area contributed by atoms with Crippen LogP contribution in [0.25, 0.3) is 0 Å². The van der Waals surface area contributed by atoms with Crippen molar-refractivity contribution in [3.05, 3.63) is 5.82 Å². The smallest absolute Gasteiger partial charge is 0.205 e. The first-order valence-corrected chi connectivity index (χ1v) is 8.15. The molecular weight excluding hydrogens is 256 g/mol. The molecular formula is C14H26N4S. The normalized spacial score (nSPS) is 19.6. The van der Waals surface area contributed by atoms with E-state index in [2.05, 4.69) is 42.3 Å². The molecule has 1 atom stereocenters. The Bertz CT molecular complexity index is 383. The fourth-order valence-electron chi connectivity index (χ4n) is 2.44. The summed E-state index contributed by atoms with van der Waals surface area (Å²) in [5.74, 6) is 2.04. The first-order chi connectivity index (χ1) is 9.06. The van der Waals surface area contributed by atoms with Gasteiger partial charge in [-0.15, -0.1) is 0 Å². The topological polar surface area (TPSA) is 41.0 Å². The average Bonchev–Trinajstić information content (AvgIpc) is 2.98. The van der Waals surface area contributed by atoms with E-state index in [0.29, 0.717) is 17.9 Å². The van der Waals surface area contributed by atoms with E-state index in [0.717, 1.165) is 30.6 Å². The van der Waals surface area contributed by atoms with Gasteiger partial charge in [-0.25, -0.2) is 4.98 Å². The molecule has 1 fully saturated rings. The Morgan fingerprint density at radius 2 is 2.16 bits per heavy atom. The van der Waals surface area contributed by atoms with Crippen LogP contribution >= 0.6 is 11.5 Å². The van der Waals surface area contributed by atoms with Gasteiger partial charge in [-0.1, -0.05) is 27.7 Å². The highest BCUT2D eigenvalue weighted by molar-refractivity contribution is 7.09. The van der Waals surface area contributed by atoms with Gasteiger partial charge in [0.1, 0.15) is 5.82 Å². The van der Waals surface area contributed by atoms with E-state index in [1.165, 1.54) is 12.8 Å². The van der Waals surface area contributed by atoms with Crippen LogP contribution in [0.1, 0.15) is 52.3 Å². The summed E-state index contributed by atoms with van der Waals surface area (Å²) >= 11 is 1.55. The van der Waals surface area contributed by atoms with Crippen LogP contribution in [0.2, 0.25) is 0 Å². The van der Waals surface area contributed by atoms with Gasteiger partial charge in [-0.2, -0.15) is 4.37 Å². The Balaban J connectivity index is 2.06. The van der Waals surface area contributed by atoms with E-state index in [4.69, 9.17) is 4.98 Å². The number of rotatable bonds is 6. The van der Waals surface area contributed by atoms with E-state index < -0.39 is 0 Å². The summed E-state index contributed by atoms with van der Waals surface area (Å²) in [5, 5.41) is 4.66. The molecule has 0 aliphatic carbocycles. The zero-order valence-corrected chi connectivity index (χ0v) is 13.3. The molecule has 0 spiro atoms. The van der Waals surface area contributed by atoms with Gasteiger partial charge in [-0.05, 0) is 25.3 Å². The second kappa shape index (κ2) is 6.66. The standard InChI is InChI=1S/C14H26N4S/c1-10(2)8-18(9-12-6-5-7-15-12)14-16-13(11(3)4)17-19-14/h10-12,15H,5-9H2,1-4H3. The molecule has 0 bridgehead atoms. The van der Waals surface area contributed by atoms with Crippen LogP contribution in [0.15, 0.2) is 0 Å². The number of nitrogens with zero attached hydrogens (tertiary/aromatic N) is 3. The van der Waals surface area contributed by atoms with Crippen LogP contribution in [0.5, 0.6) is 0 Å². The van der Waals surface area contributed by atoms with Crippen molar-refractivity contribution in [3.8, 4) is 0 Å². The molecule has 1 unspecified atom stereocenters. The summed E-state index contributed by atoms with van der Waals surface area (Å²) in [5.41, 5.74) is 0. The third-order valence-electron chi connectivity index (χ3n) is 3.41. The van der Waals surface area contributed by atoms with Crippen molar-refractivity contribution >= 4 is 16.7 Å². The molecule has 0 aromatic carbocycles. The van der Waals surface area contributed by atoms with Crippen molar-refractivity contribution in [2.75, 3.05) is 24.5 Å². The van der Waals surface area contributed by atoms with Crippen molar-refractivity contribution in [3.63, 3.8) is 0 Å². The number of anilines is 1. The molecule has 108 valence electrons. The van der Waals surface area contributed by atoms with Gasteiger partial charge < -0.3 is 10.2 Å². The Kier molecular flexibility index (Phi) is 5.16. The van der Waals surface area contributed by atoms with Crippen molar-refractivity contribution in [2.45, 2.75) is 52.5 Å². The fraction of sp³-hybridized carbons (Fsp3) is 0.857. The Morgan fingerprint density at radius 3 is 2.68 bits per heavy atom. The van der Waals surface area contributed by atoms with Crippen LogP contribution in [0.4, 0.5) is 5.13 Å². The third kappa shape index (κ3) is 4.14. The summed E-state index contributed by atoms with van der Waals surface area (Å²) < 4.78 is 4.49. The summed E-state index contributed by atoms with van der Waals surface area (Å²) in [6.07, 6.45) is 2.58. The maximum Gasteiger partial charge on any atom is 0.205 e. The summed E-state index contributed by atoms with van der Waals surface area (Å²) in [6.45, 7) is 12.1. The molecule has 1 saturated heterocycles. The van der Waals surface area contributed by atoms with Crippen LogP contribution in [-0.4, -0.2) is 35.0 Å². The van der Waals surface area contributed by atoms with E-state index in [-0.39, 0.29) is 0 Å². The molecule has 1 N–H and O–H groups in total. The maximum atomic E-state index is 4.71. The van der Waals surface area contributed by atoms with Crippen molar-refractivity contribution in [1.82, 2.24) is 14.7 Å². The summed E-state index contributed by atoms with van der Waals surface area (Å²) in [6, 6.07) is 0.616. The highest BCUT2D eigenvalue weighted by Crippen LogP contribution is 2.23. The van der Waals surface area contributed by atoms with Crippen molar-refractivity contribution in [2.24, 2.45) is 5.92 Å². The molecule has 1 aromatic rings. The second-order valence-electron chi connectivity index (χ2n) is 6.18. The molecule has 0 radical (unpaired) electrons. The minimum Gasteiger partial charge on any atom is -0.345 e. The summed E-state index contributed by atoms with van der Waals surface area (Å²) in [4.78, 5) is 7.12. The zero-order valence-electron chi connectivity index (χ0n) is 12.5.